The third-order valence-corrected chi connectivity index (χ3v) is 4.77. The van der Waals surface area contributed by atoms with Gasteiger partial charge in [-0.15, -0.1) is 0 Å². The van der Waals surface area contributed by atoms with Crippen LogP contribution in [0, 0.1) is 5.92 Å². The predicted molar refractivity (Wildman–Crippen MR) is 95.6 cm³/mol. The zero-order valence-electron chi connectivity index (χ0n) is 14.4. The third-order valence-electron chi connectivity index (χ3n) is 4.77. The quantitative estimate of drug-likeness (QED) is 0.717. The van der Waals surface area contributed by atoms with Crippen molar-refractivity contribution in [1.82, 2.24) is 29.4 Å². The van der Waals surface area contributed by atoms with Gasteiger partial charge in [-0.25, -0.2) is 15.0 Å². The highest BCUT2D eigenvalue weighted by Gasteiger charge is 2.23. The molecule has 6 nitrogen and oxygen atoms in total. The lowest BCUT2D eigenvalue weighted by atomic mass is 10.0. The van der Waals surface area contributed by atoms with Gasteiger partial charge in [-0.05, 0) is 43.0 Å². The molecule has 1 unspecified atom stereocenters. The molecule has 0 amide bonds. The maximum absolute atomic E-state index is 4.47. The summed E-state index contributed by atoms with van der Waals surface area (Å²) in [6, 6.07) is 6.22. The average Bonchev–Trinajstić information content (AvgIpc) is 3.25. The molecule has 1 aliphatic heterocycles. The van der Waals surface area contributed by atoms with E-state index in [9.17, 15) is 0 Å². The number of pyridine rings is 1. The lowest BCUT2D eigenvalue weighted by Crippen LogP contribution is -2.20. The van der Waals surface area contributed by atoms with Crippen molar-refractivity contribution in [2.75, 3.05) is 13.1 Å². The van der Waals surface area contributed by atoms with Gasteiger partial charge in [-0.2, -0.15) is 0 Å². The van der Waals surface area contributed by atoms with Crippen molar-refractivity contribution in [3.8, 4) is 11.5 Å². The van der Waals surface area contributed by atoms with Crippen LogP contribution >= 0.6 is 0 Å². The number of rotatable bonds is 5. The minimum Gasteiger partial charge on any atom is -0.333 e. The number of nitrogens with zero attached hydrogens (tertiary/aromatic N) is 6. The predicted octanol–water partition coefficient (Wildman–Crippen LogP) is 2.34. The molecule has 25 heavy (non-hydrogen) atoms. The molecule has 1 atom stereocenters. The molecule has 0 saturated carbocycles. The standard InChI is InChI=1S/C19H22N6/c1-24-8-6-21-19(24)18-10-17(22-14-23-18)9-15-4-7-25(12-15)13-16-3-2-5-20-11-16/h2-3,5-6,8,10-11,14-15H,4,7,9,12-13H2,1H3. The van der Waals surface area contributed by atoms with Gasteiger partial charge in [0.05, 0.1) is 0 Å². The van der Waals surface area contributed by atoms with Crippen LogP contribution in [0.4, 0.5) is 0 Å². The Balaban J connectivity index is 1.39. The first-order valence-electron chi connectivity index (χ1n) is 8.68. The topological polar surface area (TPSA) is 59.7 Å². The van der Waals surface area contributed by atoms with E-state index in [0.29, 0.717) is 5.92 Å². The van der Waals surface area contributed by atoms with Crippen molar-refractivity contribution in [3.05, 3.63) is 60.6 Å². The Labute approximate surface area is 147 Å². The molecule has 0 bridgehead atoms. The van der Waals surface area contributed by atoms with Crippen LogP contribution < -0.4 is 0 Å². The van der Waals surface area contributed by atoms with Crippen molar-refractivity contribution in [1.29, 1.82) is 0 Å². The SMILES string of the molecule is Cn1ccnc1-c1cc(CC2CCN(Cc3cccnc3)C2)ncn1. The number of hydrogen-bond acceptors (Lipinski definition) is 5. The van der Waals surface area contributed by atoms with E-state index in [-0.39, 0.29) is 0 Å². The molecule has 4 heterocycles. The summed E-state index contributed by atoms with van der Waals surface area (Å²) < 4.78 is 1.98. The summed E-state index contributed by atoms with van der Waals surface area (Å²) in [7, 11) is 1.98. The van der Waals surface area contributed by atoms with Gasteiger partial charge < -0.3 is 4.57 Å². The summed E-state index contributed by atoms with van der Waals surface area (Å²) in [4.78, 5) is 19.9. The van der Waals surface area contributed by atoms with Gasteiger partial charge >= 0.3 is 0 Å². The van der Waals surface area contributed by atoms with Crippen molar-refractivity contribution in [2.24, 2.45) is 13.0 Å². The average molecular weight is 334 g/mol. The maximum Gasteiger partial charge on any atom is 0.158 e. The van der Waals surface area contributed by atoms with Crippen LogP contribution in [0.25, 0.3) is 11.5 Å². The van der Waals surface area contributed by atoms with Crippen LogP contribution in [0.15, 0.2) is 49.3 Å². The molecule has 3 aromatic heterocycles. The Hall–Kier alpha value is -2.60. The summed E-state index contributed by atoms with van der Waals surface area (Å²) in [6.45, 7) is 3.22. The molecule has 1 saturated heterocycles. The molecule has 0 N–H and O–H groups in total. The zero-order valence-corrected chi connectivity index (χ0v) is 14.4. The van der Waals surface area contributed by atoms with Crippen molar-refractivity contribution in [3.63, 3.8) is 0 Å². The Morgan fingerprint density at radius 2 is 2.16 bits per heavy atom. The van der Waals surface area contributed by atoms with E-state index < -0.39 is 0 Å². The van der Waals surface area contributed by atoms with E-state index in [0.717, 1.165) is 43.3 Å². The monoisotopic (exact) mass is 334 g/mol. The molecule has 0 aliphatic carbocycles. The van der Waals surface area contributed by atoms with E-state index >= 15 is 0 Å². The molecule has 6 heteroatoms. The Bertz CT molecular complexity index is 829. The zero-order chi connectivity index (χ0) is 17.1. The van der Waals surface area contributed by atoms with Crippen LogP contribution in [0.2, 0.25) is 0 Å². The summed E-state index contributed by atoms with van der Waals surface area (Å²) >= 11 is 0. The maximum atomic E-state index is 4.47. The minimum atomic E-state index is 0.640. The molecular weight excluding hydrogens is 312 g/mol. The summed E-state index contributed by atoms with van der Waals surface area (Å²) in [6.07, 6.45) is 11.4. The Kier molecular flexibility index (Phi) is 4.52. The fourth-order valence-electron chi connectivity index (χ4n) is 3.51. The molecule has 3 aromatic rings. The van der Waals surface area contributed by atoms with Crippen molar-refractivity contribution in [2.45, 2.75) is 19.4 Å². The van der Waals surface area contributed by atoms with Gasteiger partial charge in [0.15, 0.2) is 5.82 Å². The molecule has 0 aromatic carbocycles. The number of likely N-dealkylation sites (tertiary alicyclic amines) is 1. The molecule has 128 valence electrons. The summed E-state index contributed by atoms with van der Waals surface area (Å²) in [5, 5.41) is 0. The number of hydrogen-bond donors (Lipinski definition) is 0. The molecule has 4 rings (SSSR count). The fourth-order valence-corrected chi connectivity index (χ4v) is 3.51. The molecule has 0 spiro atoms. The second-order valence-electron chi connectivity index (χ2n) is 6.71. The highest BCUT2D eigenvalue weighted by molar-refractivity contribution is 5.49. The highest BCUT2D eigenvalue weighted by atomic mass is 15.1. The fraction of sp³-hybridized carbons (Fsp3) is 0.368. The summed E-state index contributed by atoms with van der Waals surface area (Å²) in [5.74, 6) is 1.52. The molecule has 0 radical (unpaired) electrons. The van der Waals surface area contributed by atoms with Crippen LogP contribution in [0.5, 0.6) is 0 Å². The van der Waals surface area contributed by atoms with E-state index in [1.165, 1.54) is 12.0 Å². The molecule has 1 aliphatic rings. The van der Waals surface area contributed by atoms with Gasteiger partial charge in [0.1, 0.15) is 12.0 Å². The Morgan fingerprint density at radius 3 is 2.96 bits per heavy atom. The van der Waals surface area contributed by atoms with E-state index in [1.807, 2.05) is 36.3 Å². The van der Waals surface area contributed by atoms with Crippen LogP contribution in [0.3, 0.4) is 0 Å². The number of imidazole rings is 1. The second kappa shape index (κ2) is 7.11. The largest absolute Gasteiger partial charge is 0.333 e. The van der Waals surface area contributed by atoms with Gasteiger partial charge in [0.25, 0.3) is 0 Å². The van der Waals surface area contributed by atoms with Crippen molar-refractivity contribution < 1.29 is 0 Å². The Morgan fingerprint density at radius 1 is 1.20 bits per heavy atom. The number of aromatic nitrogens is 5. The number of aryl methyl sites for hydroxylation is 1. The lowest BCUT2D eigenvalue weighted by Gasteiger charge is -2.15. The minimum absolute atomic E-state index is 0.640. The smallest absolute Gasteiger partial charge is 0.158 e. The molecular formula is C19H22N6. The van der Waals surface area contributed by atoms with E-state index in [1.54, 1.807) is 12.5 Å². The van der Waals surface area contributed by atoms with Crippen LogP contribution in [-0.2, 0) is 20.0 Å². The first-order chi connectivity index (χ1) is 12.3. The van der Waals surface area contributed by atoms with Gasteiger partial charge in [0, 0.05) is 50.6 Å². The molecule has 1 fully saturated rings. The third kappa shape index (κ3) is 3.74. The van der Waals surface area contributed by atoms with Gasteiger partial charge in [-0.3, -0.25) is 9.88 Å². The second-order valence-corrected chi connectivity index (χ2v) is 6.71. The first-order valence-corrected chi connectivity index (χ1v) is 8.68. The first kappa shape index (κ1) is 15.9. The van der Waals surface area contributed by atoms with Crippen molar-refractivity contribution >= 4 is 0 Å². The van der Waals surface area contributed by atoms with Crippen LogP contribution in [-0.4, -0.2) is 42.5 Å². The highest BCUT2D eigenvalue weighted by Crippen LogP contribution is 2.23. The lowest BCUT2D eigenvalue weighted by molar-refractivity contribution is 0.315. The van der Waals surface area contributed by atoms with Gasteiger partial charge in [0.2, 0.25) is 0 Å². The van der Waals surface area contributed by atoms with E-state index in [2.05, 4.69) is 37.0 Å². The summed E-state index contributed by atoms with van der Waals surface area (Å²) in [5.41, 5.74) is 3.27. The normalized spacial score (nSPS) is 17.9. The van der Waals surface area contributed by atoms with E-state index in [4.69, 9.17) is 0 Å². The van der Waals surface area contributed by atoms with Crippen LogP contribution in [0.1, 0.15) is 17.7 Å². The van der Waals surface area contributed by atoms with Gasteiger partial charge in [-0.1, -0.05) is 6.07 Å².